The normalized spacial score (nSPS) is 30.7. The Balaban J connectivity index is 1.74. The Labute approximate surface area is 107 Å². The summed E-state index contributed by atoms with van der Waals surface area (Å²) in [6.07, 6.45) is 8.17. The van der Waals surface area contributed by atoms with Crippen LogP contribution >= 0.6 is 0 Å². The summed E-state index contributed by atoms with van der Waals surface area (Å²) in [5.41, 5.74) is -1.04. The lowest BCUT2D eigenvalue weighted by atomic mass is 9.94. The molecular weight excluding hydrogens is 230 g/mol. The van der Waals surface area contributed by atoms with Gasteiger partial charge < -0.3 is 10.0 Å². The average molecular weight is 251 g/mol. The monoisotopic (exact) mass is 251 g/mol. The van der Waals surface area contributed by atoms with E-state index in [4.69, 9.17) is 0 Å². The second-order valence-corrected chi connectivity index (χ2v) is 6.14. The van der Waals surface area contributed by atoms with Gasteiger partial charge >= 0.3 is 5.97 Å². The second kappa shape index (κ2) is 4.25. The SMILES string of the molecule is O=C(O)C1(C(=O)N2CCCC2C2CCCC2)CC1. The third-order valence-electron chi connectivity index (χ3n) is 5.07. The summed E-state index contributed by atoms with van der Waals surface area (Å²) in [6.45, 7) is 0.773. The zero-order chi connectivity index (χ0) is 12.8. The number of hydrogen-bond acceptors (Lipinski definition) is 2. The predicted molar refractivity (Wildman–Crippen MR) is 66.0 cm³/mol. The molecule has 0 bridgehead atoms. The predicted octanol–water partition coefficient (Wildman–Crippen LogP) is 2.03. The first-order valence-corrected chi connectivity index (χ1v) is 7.20. The fraction of sp³-hybridized carbons (Fsp3) is 0.857. The molecule has 3 fully saturated rings. The lowest BCUT2D eigenvalue weighted by Crippen LogP contribution is -2.45. The standard InChI is InChI=1S/C14H21NO3/c16-12(14(7-8-14)13(17)18)15-9-3-6-11(15)10-4-1-2-5-10/h10-11H,1-9H2,(H,17,18). The Hall–Kier alpha value is -1.06. The lowest BCUT2D eigenvalue weighted by Gasteiger charge is -2.31. The van der Waals surface area contributed by atoms with Crippen LogP contribution in [-0.4, -0.2) is 34.5 Å². The summed E-state index contributed by atoms with van der Waals surface area (Å²) in [7, 11) is 0. The van der Waals surface area contributed by atoms with Crippen molar-refractivity contribution in [2.45, 2.75) is 57.4 Å². The summed E-state index contributed by atoms with van der Waals surface area (Å²) in [6, 6.07) is 0.330. The largest absolute Gasteiger partial charge is 0.480 e. The number of carboxylic acid groups (broad SMARTS) is 1. The van der Waals surface area contributed by atoms with Gasteiger partial charge in [0, 0.05) is 12.6 Å². The molecule has 3 aliphatic rings. The number of carbonyl (C=O) groups excluding carboxylic acids is 1. The first-order valence-electron chi connectivity index (χ1n) is 7.20. The van der Waals surface area contributed by atoms with E-state index in [1.165, 1.54) is 25.7 Å². The molecule has 0 aromatic heterocycles. The third-order valence-corrected chi connectivity index (χ3v) is 5.07. The fourth-order valence-corrected chi connectivity index (χ4v) is 3.80. The van der Waals surface area contributed by atoms with E-state index in [1.54, 1.807) is 0 Å². The van der Waals surface area contributed by atoms with Gasteiger partial charge in [-0.15, -0.1) is 0 Å². The Morgan fingerprint density at radius 1 is 1.06 bits per heavy atom. The molecule has 1 aliphatic heterocycles. The number of hydrogen-bond donors (Lipinski definition) is 1. The quantitative estimate of drug-likeness (QED) is 0.781. The van der Waals surface area contributed by atoms with Gasteiger partial charge in [0.05, 0.1) is 0 Å². The van der Waals surface area contributed by atoms with Crippen molar-refractivity contribution in [1.29, 1.82) is 0 Å². The van der Waals surface area contributed by atoms with E-state index in [0.717, 1.165) is 19.4 Å². The molecule has 0 aromatic carbocycles. The average Bonchev–Trinajstić information content (AvgIpc) is 2.79. The number of nitrogens with zero attached hydrogens (tertiary/aromatic N) is 1. The smallest absolute Gasteiger partial charge is 0.319 e. The molecule has 2 aliphatic carbocycles. The van der Waals surface area contributed by atoms with E-state index in [9.17, 15) is 14.7 Å². The van der Waals surface area contributed by atoms with Crippen molar-refractivity contribution in [3.8, 4) is 0 Å². The molecule has 1 amide bonds. The third kappa shape index (κ3) is 1.73. The Morgan fingerprint density at radius 3 is 2.28 bits per heavy atom. The van der Waals surface area contributed by atoms with Gasteiger partial charge in [-0.25, -0.2) is 0 Å². The molecule has 0 spiro atoms. The molecule has 18 heavy (non-hydrogen) atoms. The molecule has 2 saturated carbocycles. The van der Waals surface area contributed by atoms with Crippen LogP contribution in [0.2, 0.25) is 0 Å². The summed E-state index contributed by atoms with van der Waals surface area (Å²) in [5, 5.41) is 9.24. The van der Waals surface area contributed by atoms with Gasteiger partial charge in [0.1, 0.15) is 5.41 Å². The zero-order valence-corrected chi connectivity index (χ0v) is 10.7. The summed E-state index contributed by atoms with van der Waals surface area (Å²) >= 11 is 0. The van der Waals surface area contributed by atoms with Crippen molar-refractivity contribution in [3.05, 3.63) is 0 Å². The van der Waals surface area contributed by atoms with E-state index in [-0.39, 0.29) is 5.91 Å². The van der Waals surface area contributed by atoms with Crippen LogP contribution in [0.4, 0.5) is 0 Å². The van der Waals surface area contributed by atoms with Crippen LogP contribution in [0.25, 0.3) is 0 Å². The van der Waals surface area contributed by atoms with E-state index in [1.807, 2.05) is 4.90 Å². The van der Waals surface area contributed by atoms with Gasteiger partial charge in [-0.05, 0) is 44.4 Å². The van der Waals surface area contributed by atoms with Gasteiger partial charge in [-0.2, -0.15) is 0 Å². The van der Waals surface area contributed by atoms with Crippen molar-refractivity contribution in [3.63, 3.8) is 0 Å². The molecule has 1 atom stereocenters. The molecule has 1 unspecified atom stereocenters. The summed E-state index contributed by atoms with van der Waals surface area (Å²) in [4.78, 5) is 25.7. The number of carbonyl (C=O) groups is 2. The molecule has 0 aromatic rings. The minimum Gasteiger partial charge on any atom is -0.480 e. The van der Waals surface area contributed by atoms with Gasteiger partial charge in [-0.3, -0.25) is 9.59 Å². The molecule has 4 heteroatoms. The van der Waals surface area contributed by atoms with Crippen LogP contribution in [0.5, 0.6) is 0 Å². The van der Waals surface area contributed by atoms with Gasteiger partial charge in [0.15, 0.2) is 0 Å². The van der Waals surface area contributed by atoms with Crippen molar-refractivity contribution in [2.75, 3.05) is 6.54 Å². The topological polar surface area (TPSA) is 57.6 Å². The van der Waals surface area contributed by atoms with Crippen LogP contribution < -0.4 is 0 Å². The van der Waals surface area contributed by atoms with Crippen LogP contribution in [0.3, 0.4) is 0 Å². The fourth-order valence-electron chi connectivity index (χ4n) is 3.80. The molecular formula is C14H21NO3. The van der Waals surface area contributed by atoms with E-state index < -0.39 is 11.4 Å². The van der Waals surface area contributed by atoms with Crippen LogP contribution in [-0.2, 0) is 9.59 Å². The van der Waals surface area contributed by atoms with Crippen molar-refractivity contribution >= 4 is 11.9 Å². The minimum atomic E-state index is -1.04. The maximum Gasteiger partial charge on any atom is 0.319 e. The second-order valence-electron chi connectivity index (χ2n) is 6.14. The Kier molecular flexibility index (Phi) is 2.83. The maximum absolute atomic E-state index is 12.5. The molecule has 0 radical (unpaired) electrons. The van der Waals surface area contributed by atoms with Crippen molar-refractivity contribution in [1.82, 2.24) is 4.90 Å². The number of likely N-dealkylation sites (tertiary alicyclic amines) is 1. The van der Waals surface area contributed by atoms with E-state index in [2.05, 4.69) is 0 Å². The highest BCUT2D eigenvalue weighted by molar-refractivity contribution is 6.05. The molecule has 1 saturated heterocycles. The van der Waals surface area contributed by atoms with Crippen molar-refractivity contribution < 1.29 is 14.7 Å². The molecule has 1 N–H and O–H groups in total. The number of carboxylic acids is 1. The van der Waals surface area contributed by atoms with Crippen LogP contribution in [0.15, 0.2) is 0 Å². The number of aliphatic carboxylic acids is 1. The number of amides is 1. The van der Waals surface area contributed by atoms with Crippen LogP contribution in [0.1, 0.15) is 51.4 Å². The highest BCUT2D eigenvalue weighted by Gasteiger charge is 2.59. The Morgan fingerprint density at radius 2 is 1.72 bits per heavy atom. The first-order chi connectivity index (χ1) is 8.65. The van der Waals surface area contributed by atoms with Crippen LogP contribution in [0, 0.1) is 11.3 Å². The van der Waals surface area contributed by atoms with Gasteiger partial charge in [-0.1, -0.05) is 12.8 Å². The van der Waals surface area contributed by atoms with Gasteiger partial charge in [0.25, 0.3) is 0 Å². The highest BCUT2D eigenvalue weighted by Crippen LogP contribution is 2.49. The first kappa shape index (κ1) is 12.0. The lowest BCUT2D eigenvalue weighted by molar-refractivity contribution is -0.154. The Bertz CT molecular complexity index is 369. The van der Waals surface area contributed by atoms with E-state index in [0.29, 0.717) is 24.8 Å². The van der Waals surface area contributed by atoms with E-state index >= 15 is 0 Å². The zero-order valence-electron chi connectivity index (χ0n) is 10.7. The van der Waals surface area contributed by atoms with Crippen molar-refractivity contribution in [2.24, 2.45) is 11.3 Å². The minimum absolute atomic E-state index is 0.0931. The molecule has 3 rings (SSSR count). The highest BCUT2D eigenvalue weighted by atomic mass is 16.4. The molecule has 4 nitrogen and oxygen atoms in total. The maximum atomic E-state index is 12.5. The summed E-state index contributed by atoms with van der Waals surface area (Å²) < 4.78 is 0. The number of rotatable bonds is 3. The summed E-state index contributed by atoms with van der Waals surface area (Å²) in [5.74, 6) is -0.380. The molecule has 1 heterocycles. The van der Waals surface area contributed by atoms with Gasteiger partial charge in [0.2, 0.25) is 5.91 Å². The molecule has 100 valence electrons.